The number of hydrogen-bond donors (Lipinski definition) is 10. The Kier molecular flexibility index (Phi) is 8.41. The minimum Gasteiger partial charge on any atom is -0.507 e. The van der Waals surface area contributed by atoms with Gasteiger partial charge in [0.25, 0.3) is 0 Å². The molecule has 5 rings (SSSR count). The van der Waals surface area contributed by atoms with Gasteiger partial charge >= 0.3 is 0 Å². The number of rotatable bonds is 6. The van der Waals surface area contributed by atoms with E-state index in [1.54, 1.807) is 0 Å². The lowest BCUT2D eigenvalue weighted by Crippen LogP contribution is -2.60. The third kappa shape index (κ3) is 5.55. The number of aliphatic hydroxyl groups excluding tert-OH is 7. The van der Waals surface area contributed by atoms with Gasteiger partial charge in [0.15, 0.2) is 17.3 Å². The predicted octanol–water partition coefficient (Wildman–Crippen LogP) is -2.04. The Labute approximate surface area is 241 Å². The van der Waals surface area contributed by atoms with E-state index in [2.05, 4.69) is 0 Å². The Morgan fingerprint density at radius 1 is 0.744 bits per heavy atom. The highest BCUT2D eigenvalue weighted by atomic mass is 16.7. The number of aromatic hydroxyl groups is 3. The van der Waals surface area contributed by atoms with Crippen LogP contribution in [-0.4, -0.2) is 119 Å². The molecule has 16 nitrogen and oxygen atoms in total. The summed E-state index contributed by atoms with van der Waals surface area (Å²) < 4.78 is 27.8. The lowest BCUT2D eigenvalue weighted by molar-refractivity contribution is -0.277. The number of phenols is 3. The van der Waals surface area contributed by atoms with Crippen LogP contribution in [0.25, 0.3) is 22.3 Å². The number of aliphatic hydroxyl groups is 7. The van der Waals surface area contributed by atoms with Crippen molar-refractivity contribution in [1.82, 2.24) is 0 Å². The number of hydrogen-bond acceptors (Lipinski definition) is 16. The van der Waals surface area contributed by atoms with Crippen molar-refractivity contribution in [1.29, 1.82) is 0 Å². The molecule has 43 heavy (non-hydrogen) atoms. The monoisotopic (exact) mass is 610 g/mol. The molecular weight excluding hydrogens is 580 g/mol. The fourth-order valence-corrected chi connectivity index (χ4v) is 4.81. The van der Waals surface area contributed by atoms with Gasteiger partial charge in [-0.2, -0.15) is 0 Å². The fourth-order valence-electron chi connectivity index (χ4n) is 4.81. The van der Waals surface area contributed by atoms with Crippen LogP contribution >= 0.6 is 0 Å². The zero-order chi connectivity index (χ0) is 31.3. The summed E-state index contributed by atoms with van der Waals surface area (Å²) in [5.74, 6) is -3.10. The lowest BCUT2D eigenvalue weighted by atomic mass is 9.99. The molecule has 0 radical (unpaired) electrons. The van der Waals surface area contributed by atoms with Gasteiger partial charge in [-0.25, -0.2) is 0 Å². The fraction of sp³-hybridized carbons (Fsp3) is 0.444. The van der Waals surface area contributed by atoms with Crippen LogP contribution in [0.4, 0.5) is 0 Å². The highest BCUT2D eigenvalue weighted by Crippen LogP contribution is 2.40. The van der Waals surface area contributed by atoms with Gasteiger partial charge in [0.05, 0.1) is 12.7 Å². The van der Waals surface area contributed by atoms with Crippen LogP contribution in [-0.2, 0) is 9.47 Å². The maximum atomic E-state index is 13.7. The molecule has 234 valence electrons. The van der Waals surface area contributed by atoms with Gasteiger partial charge in [-0.15, -0.1) is 0 Å². The molecule has 2 saturated heterocycles. The molecule has 0 bridgehead atoms. The maximum Gasteiger partial charge on any atom is 0.239 e. The van der Waals surface area contributed by atoms with E-state index in [-0.39, 0.29) is 22.7 Å². The van der Waals surface area contributed by atoms with Crippen molar-refractivity contribution in [2.24, 2.45) is 0 Å². The first-order valence-corrected chi connectivity index (χ1v) is 13.0. The van der Waals surface area contributed by atoms with Crippen molar-refractivity contribution in [3.63, 3.8) is 0 Å². The second-order valence-electron chi connectivity index (χ2n) is 10.2. The average Bonchev–Trinajstić information content (AvgIpc) is 2.97. The van der Waals surface area contributed by atoms with Crippen molar-refractivity contribution in [2.75, 3.05) is 6.61 Å². The van der Waals surface area contributed by atoms with E-state index in [0.717, 1.165) is 24.3 Å². The molecule has 0 unspecified atom stereocenters. The Morgan fingerprint density at radius 3 is 2.05 bits per heavy atom. The molecule has 10 atom stereocenters. The third-order valence-corrected chi connectivity index (χ3v) is 7.29. The molecule has 0 aliphatic carbocycles. The number of phenolic OH excluding ortho intramolecular Hbond substituents is 3. The quantitative estimate of drug-likeness (QED) is 0.135. The molecule has 2 aliphatic heterocycles. The van der Waals surface area contributed by atoms with Gasteiger partial charge in [-0.3, -0.25) is 4.79 Å². The second-order valence-corrected chi connectivity index (χ2v) is 10.2. The highest BCUT2D eigenvalue weighted by Gasteiger charge is 2.45. The molecule has 2 aliphatic rings. The molecule has 2 aromatic carbocycles. The Morgan fingerprint density at radius 2 is 1.40 bits per heavy atom. The van der Waals surface area contributed by atoms with Crippen LogP contribution in [0.2, 0.25) is 0 Å². The summed E-state index contributed by atoms with van der Waals surface area (Å²) in [6, 6.07) is 5.42. The van der Waals surface area contributed by atoms with Crippen molar-refractivity contribution >= 4 is 11.0 Å². The molecule has 0 amide bonds. The minimum atomic E-state index is -1.83. The molecule has 10 N–H and O–H groups in total. The van der Waals surface area contributed by atoms with E-state index in [1.165, 1.54) is 13.0 Å². The zero-order valence-electron chi connectivity index (χ0n) is 22.3. The summed E-state index contributed by atoms with van der Waals surface area (Å²) in [7, 11) is 0. The van der Waals surface area contributed by atoms with E-state index < -0.39 is 102 Å². The summed E-state index contributed by atoms with van der Waals surface area (Å²) in [6.45, 7) is 0.670. The summed E-state index contributed by atoms with van der Waals surface area (Å²) in [5.41, 5.74) is -1.36. The van der Waals surface area contributed by atoms with E-state index in [4.69, 9.17) is 23.4 Å². The van der Waals surface area contributed by atoms with E-state index in [9.17, 15) is 55.9 Å². The molecule has 3 heterocycles. The van der Waals surface area contributed by atoms with Crippen LogP contribution in [0.5, 0.6) is 28.7 Å². The molecular formula is C27H30O16. The Balaban J connectivity index is 1.60. The average molecular weight is 611 g/mol. The molecule has 0 spiro atoms. The predicted molar refractivity (Wildman–Crippen MR) is 140 cm³/mol. The Bertz CT molecular complexity index is 1540. The first-order valence-electron chi connectivity index (χ1n) is 13.0. The normalized spacial score (nSPS) is 32.9. The first kappa shape index (κ1) is 30.7. The van der Waals surface area contributed by atoms with Gasteiger partial charge in [-0.05, 0) is 25.1 Å². The smallest absolute Gasteiger partial charge is 0.239 e. The third-order valence-electron chi connectivity index (χ3n) is 7.29. The van der Waals surface area contributed by atoms with Gasteiger partial charge in [0.1, 0.15) is 65.2 Å². The van der Waals surface area contributed by atoms with Crippen molar-refractivity contribution in [3.8, 4) is 40.1 Å². The van der Waals surface area contributed by atoms with Crippen LogP contribution in [0.1, 0.15) is 6.92 Å². The SMILES string of the molecule is C[C@@H]1O[C@@H](Oc2c(-c3ccc(O)c(O)c3)oc3cc(O[C@@H]4O[C@H](CO)[C@@H](O)[C@H](O)[C@H]4O)cc(O)c3c2=O)[C@@H](O)[C@H](O)[C@H]1O. The molecule has 16 heteroatoms. The largest absolute Gasteiger partial charge is 0.507 e. The standard InChI is InChI=1S/C27H30O16/c1-8-17(32)20(35)22(37)26(39-8)43-25-19(34)16-13(31)5-10(40-27-23(38)21(36)18(33)15(7-28)42-27)6-14(16)41-24(25)9-2-3-11(29)12(30)4-9/h2-6,8,15,17-18,20-23,26-33,35-38H,7H2,1H3/t8-,15+,17-,18+,20+,21-,22-,23+,26-,27+/m0/s1. The first-order chi connectivity index (χ1) is 20.3. The number of ether oxygens (including phenoxy) is 4. The number of fused-ring (bicyclic) bond motifs is 1. The maximum absolute atomic E-state index is 13.7. The van der Waals surface area contributed by atoms with Crippen molar-refractivity contribution < 1.29 is 74.4 Å². The van der Waals surface area contributed by atoms with Gasteiger partial charge in [0, 0.05) is 17.7 Å². The van der Waals surface area contributed by atoms with E-state index in [1.807, 2.05) is 0 Å². The zero-order valence-corrected chi connectivity index (χ0v) is 22.3. The van der Waals surface area contributed by atoms with Crippen LogP contribution in [0, 0.1) is 0 Å². The van der Waals surface area contributed by atoms with Gasteiger partial charge in [0.2, 0.25) is 23.8 Å². The minimum absolute atomic E-state index is 0.0250. The molecule has 0 saturated carbocycles. The number of benzene rings is 2. The van der Waals surface area contributed by atoms with Crippen LogP contribution in [0.15, 0.2) is 39.5 Å². The molecule has 3 aromatic rings. The molecule has 1 aromatic heterocycles. The summed E-state index contributed by atoms with van der Waals surface area (Å²) in [5, 5.41) is 101. The van der Waals surface area contributed by atoms with Crippen LogP contribution in [0.3, 0.4) is 0 Å². The molecule has 2 fully saturated rings. The van der Waals surface area contributed by atoms with E-state index >= 15 is 0 Å². The van der Waals surface area contributed by atoms with Crippen molar-refractivity contribution in [2.45, 2.75) is 68.3 Å². The summed E-state index contributed by atoms with van der Waals surface area (Å²) in [6.07, 6.45) is -15.9. The van der Waals surface area contributed by atoms with Crippen molar-refractivity contribution in [3.05, 3.63) is 40.6 Å². The summed E-state index contributed by atoms with van der Waals surface area (Å²) in [4.78, 5) is 13.7. The second kappa shape index (κ2) is 11.8. The van der Waals surface area contributed by atoms with Gasteiger partial charge in [-0.1, -0.05) is 0 Å². The van der Waals surface area contributed by atoms with Gasteiger partial charge < -0.3 is 74.4 Å². The lowest BCUT2D eigenvalue weighted by Gasteiger charge is -2.39. The van der Waals surface area contributed by atoms with Crippen LogP contribution < -0.4 is 14.9 Å². The Hall–Kier alpha value is -3.71. The highest BCUT2D eigenvalue weighted by molar-refractivity contribution is 5.88. The van der Waals surface area contributed by atoms with E-state index in [0.29, 0.717) is 0 Å². The summed E-state index contributed by atoms with van der Waals surface area (Å²) >= 11 is 0. The topological polar surface area (TPSA) is 269 Å².